The molecule has 0 bridgehead atoms. The Labute approximate surface area is 157 Å². The van der Waals surface area contributed by atoms with E-state index in [0.717, 1.165) is 11.3 Å². The largest absolute Gasteiger partial charge is 0.508 e. The Hall–Kier alpha value is -3.53. The minimum absolute atomic E-state index is 0.0950. The van der Waals surface area contributed by atoms with Gasteiger partial charge in [-0.05, 0) is 38.5 Å². The molecule has 0 aliphatic carbocycles. The molecule has 1 aliphatic rings. The number of carbonyl (C=O) groups is 1. The molecule has 0 fully saturated rings. The summed E-state index contributed by atoms with van der Waals surface area (Å²) in [6.07, 6.45) is 1.69. The van der Waals surface area contributed by atoms with Gasteiger partial charge in [0.1, 0.15) is 5.75 Å². The summed E-state index contributed by atoms with van der Waals surface area (Å²) < 4.78 is 5.70. The molecule has 0 saturated carbocycles. The summed E-state index contributed by atoms with van der Waals surface area (Å²) in [5.74, 6) is -1.00. The number of ether oxygens (including phenoxy) is 1. The van der Waals surface area contributed by atoms with Crippen molar-refractivity contribution in [2.75, 3.05) is 11.9 Å². The van der Waals surface area contributed by atoms with E-state index in [-0.39, 0.29) is 5.75 Å². The lowest BCUT2D eigenvalue weighted by Gasteiger charge is -2.32. The maximum atomic E-state index is 12.3. The van der Waals surface area contributed by atoms with Gasteiger partial charge in [0.2, 0.25) is 11.8 Å². The molecular weight excluding hydrogens is 344 g/mol. The van der Waals surface area contributed by atoms with Crippen LogP contribution in [0.3, 0.4) is 0 Å². The minimum atomic E-state index is -0.666. The first-order valence-electron chi connectivity index (χ1n) is 8.51. The van der Waals surface area contributed by atoms with Crippen molar-refractivity contribution in [3.63, 3.8) is 0 Å². The van der Waals surface area contributed by atoms with Crippen molar-refractivity contribution in [1.82, 2.24) is 4.98 Å². The van der Waals surface area contributed by atoms with Gasteiger partial charge in [0.15, 0.2) is 0 Å². The Morgan fingerprint density at radius 3 is 2.78 bits per heavy atom. The molecule has 7 heteroatoms. The number of primary amides is 1. The second-order valence-corrected chi connectivity index (χ2v) is 6.31. The maximum absolute atomic E-state index is 12.3. The number of nitrogens with zero attached hydrogens (tertiary/aromatic N) is 2. The fourth-order valence-corrected chi connectivity index (χ4v) is 3.41. The van der Waals surface area contributed by atoms with E-state index in [1.54, 1.807) is 25.3 Å². The lowest BCUT2D eigenvalue weighted by atomic mass is 9.79. The van der Waals surface area contributed by atoms with E-state index >= 15 is 0 Å². The number of allylic oxidation sites excluding steroid dienone is 1. The van der Waals surface area contributed by atoms with Crippen LogP contribution in [0, 0.1) is 18.3 Å². The highest BCUT2D eigenvalue weighted by atomic mass is 16.5. The van der Waals surface area contributed by atoms with Crippen LogP contribution in [0.4, 0.5) is 5.69 Å². The molecule has 138 valence electrons. The molecule has 1 unspecified atom stereocenters. The SMILES string of the molecule is CCOc1ncc(C)c2c1C(c1ccc(C#N)cc1O)C(C(N)=O)=C(C)N2. The third-order valence-corrected chi connectivity index (χ3v) is 4.58. The quantitative estimate of drug-likeness (QED) is 0.767. The second-order valence-electron chi connectivity index (χ2n) is 6.31. The predicted molar refractivity (Wildman–Crippen MR) is 100 cm³/mol. The highest BCUT2D eigenvalue weighted by Crippen LogP contribution is 2.48. The van der Waals surface area contributed by atoms with Crippen LogP contribution in [0.15, 0.2) is 35.7 Å². The number of amides is 1. The molecule has 1 aromatic heterocycles. The van der Waals surface area contributed by atoms with Crippen LogP contribution in [0.25, 0.3) is 0 Å². The average molecular weight is 364 g/mol. The van der Waals surface area contributed by atoms with Gasteiger partial charge in [-0.3, -0.25) is 4.79 Å². The van der Waals surface area contributed by atoms with Crippen LogP contribution in [0.1, 0.15) is 42.0 Å². The molecule has 27 heavy (non-hydrogen) atoms. The van der Waals surface area contributed by atoms with Gasteiger partial charge < -0.3 is 20.9 Å². The van der Waals surface area contributed by atoms with E-state index in [0.29, 0.717) is 40.4 Å². The van der Waals surface area contributed by atoms with Crippen molar-refractivity contribution in [3.05, 3.63) is 57.9 Å². The number of anilines is 1. The molecule has 1 aromatic carbocycles. The highest BCUT2D eigenvalue weighted by molar-refractivity contribution is 5.98. The van der Waals surface area contributed by atoms with E-state index in [4.69, 9.17) is 15.7 Å². The number of nitriles is 1. The van der Waals surface area contributed by atoms with Crippen molar-refractivity contribution in [2.24, 2.45) is 5.73 Å². The summed E-state index contributed by atoms with van der Waals surface area (Å²) in [5, 5.41) is 22.9. The van der Waals surface area contributed by atoms with Crippen LogP contribution < -0.4 is 15.8 Å². The van der Waals surface area contributed by atoms with E-state index < -0.39 is 11.8 Å². The van der Waals surface area contributed by atoms with Gasteiger partial charge in [-0.25, -0.2) is 4.98 Å². The maximum Gasteiger partial charge on any atom is 0.247 e. The number of aromatic nitrogens is 1. The van der Waals surface area contributed by atoms with Gasteiger partial charge >= 0.3 is 0 Å². The summed E-state index contributed by atoms with van der Waals surface area (Å²) in [5.41, 5.74) is 9.64. The molecule has 2 heterocycles. The summed E-state index contributed by atoms with van der Waals surface area (Å²) >= 11 is 0. The number of hydrogen-bond acceptors (Lipinski definition) is 6. The number of hydrogen-bond donors (Lipinski definition) is 3. The van der Waals surface area contributed by atoms with E-state index in [9.17, 15) is 9.90 Å². The molecule has 0 radical (unpaired) electrons. The zero-order valence-electron chi connectivity index (χ0n) is 15.3. The van der Waals surface area contributed by atoms with Crippen molar-refractivity contribution < 1.29 is 14.6 Å². The van der Waals surface area contributed by atoms with Crippen LogP contribution in [-0.2, 0) is 4.79 Å². The number of benzene rings is 1. The Morgan fingerprint density at radius 1 is 1.44 bits per heavy atom. The smallest absolute Gasteiger partial charge is 0.247 e. The monoisotopic (exact) mass is 364 g/mol. The number of nitrogens with two attached hydrogens (primary N) is 1. The predicted octanol–water partition coefficient (Wildman–Crippen LogP) is 2.68. The van der Waals surface area contributed by atoms with Crippen LogP contribution in [0.2, 0.25) is 0 Å². The third-order valence-electron chi connectivity index (χ3n) is 4.58. The van der Waals surface area contributed by atoms with Crippen molar-refractivity contribution in [3.8, 4) is 17.7 Å². The summed E-state index contributed by atoms with van der Waals surface area (Å²) in [7, 11) is 0. The molecule has 1 aliphatic heterocycles. The van der Waals surface area contributed by atoms with Crippen LogP contribution in [0.5, 0.6) is 11.6 Å². The number of rotatable bonds is 4. The first kappa shape index (κ1) is 18.3. The van der Waals surface area contributed by atoms with Gasteiger partial charge in [-0.2, -0.15) is 5.26 Å². The number of aryl methyl sites for hydroxylation is 1. The van der Waals surface area contributed by atoms with E-state index in [1.165, 1.54) is 6.07 Å². The van der Waals surface area contributed by atoms with Gasteiger partial charge in [-0.1, -0.05) is 6.07 Å². The first-order chi connectivity index (χ1) is 12.9. The number of phenols is 1. The fraction of sp³-hybridized carbons (Fsp3) is 0.250. The van der Waals surface area contributed by atoms with Gasteiger partial charge in [0.25, 0.3) is 0 Å². The first-order valence-corrected chi connectivity index (χ1v) is 8.51. The zero-order chi connectivity index (χ0) is 19.7. The zero-order valence-corrected chi connectivity index (χ0v) is 15.3. The Morgan fingerprint density at radius 2 is 2.19 bits per heavy atom. The van der Waals surface area contributed by atoms with Gasteiger partial charge in [0, 0.05) is 23.0 Å². The van der Waals surface area contributed by atoms with Crippen LogP contribution >= 0.6 is 0 Å². The molecule has 1 amide bonds. The van der Waals surface area contributed by atoms with Gasteiger partial charge in [0.05, 0.1) is 35.4 Å². The number of nitrogens with one attached hydrogen (secondary N) is 1. The summed E-state index contributed by atoms with van der Waals surface area (Å²) in [4.78, 5) is 16.6. The topological polar surface area (TPSA) is 121 Å². The number of aromatic hydroxyl groups is 1. The number of fused-ring (bicyclic) bond motifs is 1. The fourth-order valence-electron chi connectivity index (χ4n) is 3.41. The second kappa shape index (κ2) is 7.00. The summed E-state index contributed by atoms with van der Waals surface area (Å²) in [6.45, 7) is 5.89. The normalized spacial score (nSPS) is 15.6. The molecule has 2 aromatic rings. The molecule has 7 nitrogen and oxygen atoms in total. The third kappa shape index (κ3) is 3.06. The van der Waals surface area contributed by atoms with Crippen LogP contribution in [-0.4, -0.2) is 22.6 Å². The standard InChI is InChI=1S/C20H20N4O3/c1-4-27-20-17-16(13-6-5-12(8-21)7-14(13)25)15(19(22)26)11(3)24-18(17)10(2)9-23-20/h5-7,9,16,24-25H,4H2,1-3H3,(H2,22,26). The average Bonchev–Trinajstić information content (AvgIpc) is 2.63. The molecule has 1 atom stereocenters. The Bertz CT molecular complexity index is 1010. The molecule has 0 saturated heterocycles. The Balaban J connectivity index is 2.35. The van der Waals surface area contributed by atoms with Crippen molar-refractivity contribution in [2.45, 2.75) is 26.7 Å². The highest BCUT2D eigenvalue weighted by Gasteiger charge is 2.36. The minimum Gasteiger partial charge on any atom is -0.508 e. The number of pyridine rings is 1. The molecule has 0 spiro atoms. The van der Waals surface area contributed by atoms with E-state index in [1.807, 2.05) is 19.9 Å². The number of phenolic OH excluding ortho intramolecular Hbond substituents is 1. The van der Waals surface area contributed by atoms with E-state index in [2.05, 4.69) is 10.3 Å². The summed E-state index contributed by atoms with van der Waals surface area (Å²) in [6, 6.07) is 6.58. The van der Waals surface area contributed by atoms with Crippen molar-refractivity contribution in [1.29, 1.82) is 5.26 Å². The lowest BCUT2D eigenvalue weighted by Crippen LogP contribution is -2.28. The Kier molecular flexibility index (Phi) is 4.74. The van der Waals surface area contributed by atoms with Gasteiger partial charge in [-0.15, -0.1) is 0 Å². The van der Waals surface area contributed by atoms with Crippen molar-refractivity contribution >= 4 is 11.6 Å². The molecule has 3 rings (SSSR count). The lowest BCUT2D eigenvalue weighted by molar-refractivity contribution is -0.114. The number of carbonyl (C=O) groups excluding carboxylic acids is 1. The molecule has 4 N–H and O–H groups in total. The molecular formula is C20H20N4O3.